The lowest BCUT2D eigenvalue weighted by Gasteiger charge is -2.25. The number of carbonyl (C=O) groups is 2. The molecule has 2 aromatic rings. The number of hydrazone groups is 1. The van der Waals surface area contributed by atoms with Crippen molar-refractivity contribution in [3.05, 3.63) is 59.2 Å². The quantitative estimate of drug-likeness (QED) is 0.334. The highest BCUT2D eigenvalue weighted by Crippen LogP contribution is 2.31. The standard InChI is InChI=1S/C26H31N3O6/c1-32-12-13-34-25(30)15-20-14-22-16-23(6-7-24(22)35-18-20)28-26(31)21-4-2-19(3-5-21)17-27-29-8-10-33-11-9-29/h2-7,16-17,20H,8-15,18H2,1H3,(H,28,31). The molecule has 1 unspecified atom stereocenters. The van der Waals surface area contributed by atoms with Crippen LogP contribution in [0.15, 0.2) is 47.6 Å². The Kier molecular flexibility index (Phi) is 8.69. The fourth-order valence-corrected chi connectivity index (χ4v) is 3.94. The lowest BCUT2D eigenvalue weighted by molar-refractivity contribution is -0.146. The van der Waals surface area contributed by atoms with Crippen LogP contribution in [0.1, 0.15) is 27.9 Å². The van der Waals surface area contributed by atoms with Gasteiger partial charge < -0.3 is 24.3 Å². The van der Waals surface area contributed by atoms with E-state index in [1.807, 2.05) is 35.3 Å². The van der Waals surface area contributed by atoms with Gasteiger partial charge in [0.15, 0.2) is 0 Å². The van der Waals surface area contributed by atoms with Gasteiger partial charge in [-0.3, -0.25) is 14.6 Å². The van der Waals surface area contributed by atoms with E-state index in [0.29, 0.717) is 44.1 Å². The van der Waals surface area contributed by atoms with Gasteiger partial charge >= 0.3 is 5.97 Å². The number of hydrogen-bond donors (Lipinski definition) is 1. The number of benzene rings is 2. The van der Waals surface area contributed by atoms with E-state index in [4.69, 9.17) is 18.9 Å². The Morgan fingerprint density at radius 1 is 1.14 bits per heavy atom. The largest absolute Gasteiger partial charge is 0.493 e. The number of rotatable bonds is 9. The molecule has 35 heavy (non-hydrogen) atoms. The summed E-state index contributed by atoms with van der Waals surface area (Å²) in [6, 6.07) is 12.9. The van der Waals surface area contributed by atoms with Gasteiger partial charge in [0, 0.05) is 24.3 Å². The maximum Gasteiger partial charge on any atom is 0.306 e. The molecule has 0 spiro atoms. The fourth-order valence-electron chi connectivity index (χ4n) is 3.94. The molecule has 1 fully saturated rings. The number of fused-ring (bicyclic) bond motifs is 1. The SMILES string of the molecule is COCCOC(=O)CC1COc2ccc(NC(=O)c3ccc(C=NN4CCOCC4)cc3)cc2C1. The van der Waals surface area contributed by atoms with Gasteiger partial charge in [-0.1, -0.05) is 12.1 Å². The zero-order valence-electron chi connectivity index (χ0n) is 19.9. The molecule has 1 atom stereocenters. The zero-order valence-corrected chi connectivity index (χ0v) is 19.9. The van der Waals surface area contributed by atoms with Gasteiger partial charge in [0.05, 0.1) is 52.2 Å². The molecule has 9 heteroatoms. The molecule has 0 saturated carbocycles. The number of hydrogen-bond acceptors (Lipinski definition) is 8. The number of esters is 1. The number of ether oxygens (including phenoxy) is 4. The summed E-state index contributed by atoms with van der Waals surface area (Å²) in [4.78, 5) is 24.8. The van der Waals surface area contributed by atoms with Gasteiger partial charge in [-0.15, -0.1) is 0 Å². The van der Waals surface area contributed by atoms with Crippen LogP contribution >= 0.6 is 0 Å². The predicted molar refractivity (Wildman–Crippen MR) is 131 cm³/mol. The van der Waals surface area contributed by atoms with Crippen LogP contribution < -0.4 is 10.1 Å². The molecule has 9 nitrogen and oxygen atoms in total. The van der Waals surface area contributed by atoms with Crippen LogP contribution in [-0.4, -0.2) is 76.3 Å². The van der Waals surface area contributed by atoms with E-state index in [0.717, 1.165) is 30.0 Å². The Labute approximate surface area is 205 Å². The number of nitrogens with zero attached hydrogens (tertiary/aromatic N) is 2. The molecule has 1 saturated heterocycles. The summed E-state index contributed by atoms with van der Waals surface area (Å²) in [5.74, 6) is 0.338. The van der Waals surface area contributed by atoms with Crippen molar-refractivity contribution >= 4 is 23.8 Å². The molecule has 2 aliphatic rings. The van der Waals surface area contributed by atoms with Crippen LogP contribution in [0.25, 0.3) is 0 Å². The molecule has 1 amide bonds. The van der Waals surface area contributed by atoms with Crippen LogP contribution in [-0.2, 0) is 25.4 Å². The average Bonchev–Trinajstić information content (AvgIpc) is 2.88. The summed E-state index contributed by atoms with van der Waals surface area (Å²) in [6.45, 7) is 4.02. The smallest absolute Gasteiger partial charge is 0.306 e. The number of methoxy groups -OCH3 is 1. The van der Waals surface area contributed by atoms with E-state index in [9.17, 15) is 9.59 Å². The maximum atomic E-state index is 12.8. The fraction of sp³-hybridized carbons (Fsp3) is 0.423. The molecule has 2 aliphatic heterocycles. The van der Waals surface area contributed by atoms with Crippen LogP contribution in [0, 0.1) is 5.92 Å². The first-order valence-corrected chi connectivity index (χ1v) is 11.8. The van der Waals surface area contributed by atoms with Gasteiger partial charge in [0.1, 0.15) is 12.4 Å². The van der Waals surface area contributed by atoms with E-state index in [2.05, 4.69) is 10.4 Å². The summed E-state index contributed by atoms with van der Waals surface area (Å²) in [7, 11) is 1.56. The highest BCUT2D eigenvalue weighted by Gasteiger charge is 2.23. The van der Waals surface area contributed by atoms with E-state index < -0.39 is 0 Å². The molecule has 0 aromatic heterocycles. The second kappa shape index (κ2) is 12.3. The summed E-state index contributed by atoms with van der Waals surface area (Å²) >= 11 is 0. The van der Waals surface area contributed by atoms with Crippen molar-refractivity contribution in [3.8, 4) is 5.75 Å². The molecular weight excluding hydrogens is 450 g/mol. The van der Waals surface area contributed by atoms with Crippen LogP contribution in [0.4, 0.5) is 5.69 Å². The molecule has 1 N–H and O–H groups in total. The Morgan fingerprint density at radius 3 is 2.71 bits per heavy atom. The van der Waals surface area contributed by atoms with Gasteiger partial charge in [0.2, 0.25) is 0 Å². The summed E-state index contributed by atoms with van der Waals surface area (Å²) in [5.41, 5.74) is 3.11. The third-order valence-electron chi connectivity index (χ3n) is 5.84. The minimum absolute atomic E-state index is 0.0233. The van der Waals surface area contributed by atoms with Crippen LogP contribution in [0.2, 0.25) is 0 Å². The second-order valence-electron chi connectivity index (χ2n) is 8.51. The second-order valence-corrected chi connectivity index (χ2v) is 8.51. The zero-order chi connectivity index (χ0) is 24.5. The summed E-state index contributed by atoms with van der Waals surface area (Å²) < 4.78 is 21.2. The third kappa shape index (κ3) is 7.27. The summed E-state index contributed by atoms with van der Waals surface area (Å²) in [5, 5.41) is 9.38. The highest BCUT2D eigenvalue weighted by atomic mass is 16.6. The monoisotopic (exact) mass is 481 g/mol. The first kappa shape index (κ1) is 24.7. The molecule has 2 aromatic carbocycles. The number of anilines is 1. The molecular formula is C26H31N3O6. The summed E-state index contributed by atoms with van der Waals surface area (Å²) in [6.07, 6.45) is 2.75. The Hall–Kier alpha value is -3.43. The molecule has 0 aliphatic carbocycles. The van der Waals surface area contributed by atoms with Crippen molar-refractivity contribution in [2.24, 2.45) is 11.0 Å². The van der Waals surface area contributed by atoms with Crippen LogP contribution in [0.5, 0.6) is 5.75 Å². The van der Waals surface area contributed by atoms with E-state index in [1.54, 1.807) is 25.5 Å². The van der Waals surface area contributed by atoms with Crippen molar-refractivity contribution in [2.45, 2.75) is 12.8 Å². The number of morpholine rings is 1. The number of nitrogens with one attached hydrogen (secondary N) is 1. The first-order valence-electron chi connectivity index (χ1n) is 11.8. The van der Waals surface area contributed by atoms with Crippen molar-refractivity contribution in [1.29, 1.82) is 0 Å². The molecule has 0 radical (unpaired) electrons. The van der Waals surface area contributed by atoms with E-state index in [1.165, 1.54) is 0 Å². The van der Waals surface area contributed by atoms with Crippen molar-refractivity contribution in [3.63, 3.8) is 0 Å². The lowest BCUT2D eigenvalue weighted by atomic mass is 9.93. The van der Waals surface area contributed by atoms with Crippen molar-refractivity contribution < 1.29 is 28.5 Å². The first-order chi connectivity index (χ1) is 17.1. The van der Waals surface area contributed by atoms with Gasteiger partial charge in [0.25, 0.3) is 5.91 Å². The molecule has 0 bridgehead atoms. The van der Waals surface area contributed by atoms with Crippen LogP contribution in [0.3, 0.4) is 0 Å². The Balaban J connectivity index is 1.31. The minimum atomic E-state index is -0.262. The Bertz CT molecular complexity index is 1030. The molecule has 186 valence electrons. The predicted octanol–water partition coefficient (Wildman–Crippen LogP) is 2.74. The third-order valence-corrected chi connectivity index (χ3v) is 5.84. The molecule has 4 rings (SSSR count). The van der Waals surface area contributed by atoms with E-state index >= 15 is 0 Å². The van der Waals surface area contributed by atoms with Gasteiger partial charge in [-0.05, 0) is 47.9 Å². The van der Waals surface area contributed by atoms with Crippen molar-refractivity contribution in [1.82, 2.24) is 5.01 Å². The lowest BCUT2D eigenvalue weighted by Crippen LogP contribution is -2.32. The highest BCUT2D eigenvalue weighted by molar-refractivity contribution is 6.04. The topological polar surface area (TPSA) is 98.7 Å². The average molecular weight is 482 g/mol. The molecule has 2 heterocycles. The normalized spacial score (nSPS) is 17.5. The van der Waals surface area contributed by atoms with Gasteiger partial charge in [-0.2, -0.15) is 5.10 Å². The van der Waals surface area contributed by atoms with Gasteiger partial charge in [-0.25, -0.2) is 0 Å². The maximum absolute atomic E-state index is 12.8. The number of amides is 1. The van der Waals surface area contributed by atoms with Crippen molar-refractivity contribution in [2.75, 3.05) is 58.6 Å². The Morgan fingerprint density at radius 2 is 1.94 bits per heavy atom. The number of carbonyl (C=O) groups excluding carboxylic acids is 2. The van der Waals surface area contributed by atoms with E-state index in [-0.39, 0.29) is 30.8 Å². The minimum Gasteiger partial charge on any atom is -0.493 e.